The summed E-state index contributed by atoms with van der Waals surface area (Å²) in [4.78, 5) is 23.9. The summed E-state index contributed by atoms with van der Waals surface area (Å²) in [5.41, 5.74) is 1.07. The smallest absolute Gasteiger partial charge is 0.228 e. The zero-order valence-electron chi connectivity index (χ0n) is 11.7. The van der Waals surface area contributed by atoms with Crippen molar-refractivity contribution in [3.63, 3.8) is 0 Å². The van der Waals surface area contributed by atoms with Crippen LogP contribution in [0.2, 0.25) is 0 Å². The van der Waals surface area contributed by atoms with Crippen LogP contribution in [0.25, 0.3) is 0 Å². The molecule has 108 valence electrons. The molecule has 1 aliphatic heterocycles. The Bertz CT molecular complexity index is 531. The van der Waals surface area contributed by atoms with E-state index < -0.39 is 11.7 Å². The summed E-state index contributed by atoms with van der Waals surface area (Å²) in [6.45, 7) is 3.99. The van der Waals surface area contributed by atoms with Crippen molar-refractivity contribution >= 4 is 17.5 Å². The predicted octanol–water partition coefficient (Wildman–Crippen LogP) is 2.56. The molecule has 0 unspecified atom stereocenters. The van der Waals surface area contributed by atoms with Gasteiger partial charge < -0.3 is 10.6 Å². The normalized spacial score (nSPS) is 18.9. The number of carbonyl (C=O) groups excluding carboxylic acids is 2. The third-order valence-corrected chi connectivity index (χ3v) is 3.48. The van der Waals surface area contributed by atoms with E-state index in [9.17, 15) is 14.0 Å². The molecule has 2 rings (SSSR count). The first kappa shape index (κ1) is 14.5. The molecule has 2 N–H and O–H groups in total. The van der Waals surface area contributed by atoms with Crippen molar-refractivity contribution in [3.8, 4) is 0 Å². The van der Waals surface area contributed by atoms with Crippen molar-refractivity contribution in [1.82, 2.24) is 5.32 Å². The number of rotatable bonds is 4. The Morgan fingerprint density at radius 2 is 2.30 bits per heavy atom. The first-order valence-corrected chi connectivity index (χ1v) is 6.91. The lowest BCUT2D eigenvalue weighted by molar-refractivity contribution is -0.126. The van der Waals surface area contributed by atoms with E-state index >= 15 is 0 Å². The van der Waals surface area contributed by atoms with Gasteiger partial charge in [0, 0.05) is 18.2 Å². The second kappa shape index (κ2) is 6.03. The van der Waals surface area contributed by atoms with Gasteiger partial charge in [0.05, 0.1) is 5.92 Å². The fourth-order valence-corrected chi connectivity index (χ4v) is 2.52. The van der Waals surface area contributed by atoms with Crippen LogP contribution >= 0.6 is 0 Å². The monoisotopic (exact) mass is 278 g/mol. The molecule has 0 aliphatic carbocycles. The Balaban J connectivity index is 2.20. The molecule has 0 saturated carbocycles. The van der Waals surface area contributed by atoms with Gasteiger partial charge in [-0.25, -0.2) is 4.39 Å². The molecule has 0 bridgehead atoms. The Morgan fingerprint density at radius 1 is 1.55 bits per heavy atom. The van der Waals surface area contributed by atoms with Gasteiger partial charge in [-0.1, -0.05) is 19.4 Å². The molecule has 1 aromatic carbocycles. The van der Waals surface area contributed by atoms with E-state index in [0.29, 0.717) is 11.3 Å². The van der Waals surface area contributed by atoms with Crippen molar-refractivity contribution in [1.29, 1.82) is 0 Å². The molecule has 1 aliphatic rings. The Morgan fingerprint density at radius 3 is 3.00 bits per heavy atom. The van der Waals surface area contributed by atoms with E-state index in [1.807, 2.05) is 6.92 Å². The highest BCUT2D eigenvalue weighted by atomic mass is 19.1. The lowest BCUT2D eigenvalue weighted by atomic mass is 9.89. The van der Waals surface area contributed by atoms with Gasteiger partial charge in [-0.2, -0.15) is 0 Å². The minimum Gasteiger partial charge on any atom is -0.353 e. The van der Waals surface area contributed by atoms with Gasteiger partial charge in [-0.05, 0) is 31.0 Å². The number of halogens is 1. The average Bonchev–Trinajstić information content (AvgIpc) is 2.37. The number of anilines is 1. The molecule has 5 heteroatoms. The van der Waals surface area contributed by atoms with E-state index in [2.05, 4.69) is 17.6 Å². The molecule has 2 atom stereocenters. The van der Waals surface area contributed by atoms with Crippen LogP contribution < -0.4 is 10.6 Å². The SMILES string of the molecule is CCC[C@H](C)NC(=O)[C@@H]1CC(=O)Nc2cc(F)ccc21. The maximum atomic E-state index is 13.2. The average molecular weight is 278 g/mol. The molecule has 1 heterocycles. The Labute approximate surface area is 117 Å². The summed E-state index contributed by atoms with van der Waals surface area (Å²) in [6.07, 6.45) is 1.97. The quantitative estimate of drug-likeness (QED) is 0.889. The molecule has 2 amide bonds. The molecular weight excluding hydrogens is 259 g/mol. The molecule has 0 radical (unpaired) electrons. The summed E-state index contributed by atoms with van der Waals surface area (Å²) >= 11 is 0. The van der Waals surface area contributed by atoms with E-state index in [4.69, 9.17) is 0 Å². The standard InChI is InChI=1S/C15H19FN2O2/c1-3-4-9(2)17-15(20)12-8-14(19)18-13-7-10(16)5-6-11(12)13/h5-7,9,12H,3-4,8H2,1-2H3,(H,17,20)(H,18,19)/t9-,12+/m0/s1. The summed E-state index contributed by atoms with van der Waals surface area (Å²) in [5.74, 6) is -1.40. The van der Waals surface area contributed by atoms with Crippen LogP contribution in [0.3, 0.4) is 0 Å². The summed E-state index contributed by atoms with van der Waals surface area (Å²) in [6, 6.07) is 4.20. The van der Waals surface area contributed by atoms with Crippen LogP contribution in [0, 0.1) is 5.82 Å². The van der Waals surface area contributed by atoms with E-state index in [-0.39, 0.29) is 24.3 Å². The second-order valence-electron chi connectivity index (χ2n) is 5.23. The van der Waals surface area contributed by atoms with Crippen molar-refractivity contribution < 1.29 is 14.0 Å². The number of benzene rings is 1. The highest BCUT2D eigenvalue weighted by Crippen LogP contribution is 2.32. The third kappa shape index (κ3) is 3.15. The highest BCUT2D eigenvalue weighted by molar-refractivity contribution is 6.01. The Hall–Kier alpha value is -1.91. The Kier molecular flexibility index (Phi) is 4.37. The lowest BCUT2D eigenvalue weighted by Gasteiger charge is -2.26. The third-order valence-electron chi connectivity index (χ3n) is 3.48. The van der Waals surface area contributed by atoms with Gasteiger partial charge in [0.15, 0.2) is 0 Å². The minimum atomic E-state index is -0.543. The largest absolute Gasteiger partial charge is 0.353 e. The van der Waals surface area contributed by atoms with Gasteiger partial charge in [-0.15, -0.1) is 0 Å². The van der Waals surface area contributed by atoms with E-state index in [1.165, 1.54) is 12.1 Å². The van der Waals surface area contributed by atoms with Gasteiger partial charge in [0.25, 0.3) is 0 Å². The van der Waals surface area contributed by atoms with E-state index in [1.54, 1.807) is 6.07 Å². The molecule has 4 nitrogen and oxygen atoms in total. The topological polar surface area (TPSA) is 58.2 Å². The van der Waals surface area contributed by atoms with Crippen LogP contribution in [0.5, 0.6) is 0 Å². The lowest BCUT2D eigenvalue weighted by Crippen LogP contribution is -2.39. The molecule has 0 saturated heterocycles. The second-order valence-corrected chi connectivity index (χ2v) is 5.23. The van der Waals surface area contributed by atoms with Gasteiger partial charge in [0.2, 0.25) is 11.8 Å². The molecule has 0 spiro atoms. The molecule has 1 aromatic rings. The molecule has 0 aromatic heterocycles. The van der Waals surface area contributed by atoms with Crippen LogP contribution in [0.1, 0.15) is 44.6 Å². The van der Waals surface area contributed by atoms with Gasteiger partial charge >= 0.3 is 0 Å². The predicted molar refractivity (Wildman–Crippen MR) is 74.9 cm³/mol. The molecule has 20 heavy (non-hydrogen) atoms. The minimum absolute atomic E-state index is 0.0707. The summed E-state index contributed by atoms with van der Waals surface area (Å²) in [7, 11) is 0. The van der Waals surface area contributed by atoms with Crippen LogP contribution in [-0.4, -0.2) is 17.9 Å². The molecular formula is C15H19FN2O2. The number of hydrogen-bond donors (Lipinski definition) is 2. The highest BCUT2D eigenvalue weighted by Gasteiger charge is 2.31. The molecule has 0 fully saturated rings. The van der Waals surface area contributed by atoms with Crippen LogP contribution in [0.4, 0.5) is 10.1 Å². The van der Waals surface area contributed by atoms with Crippen LogP contribution in [-0.2, 0) is 9.59 Å². The summed E-state index contributed by atoms with van der Waals surface area (Å²) in [5, 5.41) is 5.52. The number of amides is 2. The van der Waals surface area contributed by atoms with Crippen LogP contribution in [0.15, 0.2) is 18.2 Å². The number of hydrogen-bond acceptors (Lipinski definition) is 2. The number of nitrogens with one attached hydrogen (secondary N) is 2. The van der Waals surface area contributed by atoms with Crippen molar-refractivity contribution in [2.75, 3.05) is 5.32 Å². The van der Waals surface area contributed by atoms with Crippen molar-refractivity contribution in [3.05, 3.63) is 29.6 Å². The fourth-order valence-electron chi connectivity index (χ4n) is 2.52. The maximum absolute atomic E-state index is 13.2. The van der Waals surface area contributed by atoms with Crippen molar-refractivity contribution in [2.45, 2.75) is 45.1 Å². The van der Waals surface area contributed by atoms with Crippen molar-refractivity contribution in [2.24, 2.45) is 0 Å². The summed E-state index contributed by atoms with van der Waals surface area (Å²) < 4.78 is 13.2. The van der Waals surface area contributed by atoms with E-state index in [0.717, 1.165) is 12.8 Å². The fraction of sp³-hybridized carbons (Fsp3) is 0.467. The first-order chi connectivity index (χ1) is 9.51. The zero-order valence-corrected chi connectivity index (χ0v) is 11.7. The van der Waals surface area contributed by atoms with Gasteiger partial charge in [-0.3, -0.25) is 9.59 Å². The number of fused-ring (bicyclic) bond motifs is 1. The maximum Gasteiger partial charge on any atom is 0.228 e. The zero-order chi connectivity index (χ0) is 14.7. The first-order valence-electron chi connectivity index (χ1n) is 6.91. The number of carbonyl (C=O) groups is 2. The van der Waals surface area contributed by atoms with Gasteiger partial charge in [0.1, 0.15) is 5.82 Å².